The molecule has 6 heteroatoms. The fraction of sp³-hybridized carbons (Fsp3) is 0.308. The maximum absolute atomic E-state index is 5.65. The van der Waals surface area contributed by atoms with Gasteiger partial charge >= 0.3 is 0 Å². The van der Waals surface area contributed by atoms with Crippen LogP contribution in [0.4, 0.5) is 0 Å². The van der Waals surface area contributed by atoms with Crippen LogP contribution in [0.5, 0.6) is 0 Å². The van der Waals surface area contributed by atoms with Crippen molar-refractivity contribution in [3.63, 3.8) is 0 Å². The Morgan fingerprint density at radius 2 is 2.32 bits per heavy atom. The predicted octanol–water partition coefficient (Wildman–Crippen LogP) is 1.92. The summed E-state index contributed by atoms with van der Waals surface area (Å²) in [6, 6.07) is 4.02. The Labute approximate surface area is 116 Å². The van der Waals surface area contributed by atoms with Crippen molar-refractivity contribution in [2.45, 2.75) is 30.9 Å². The van der Waals surface area contributed by atoms with Gasteiger partial charge in [0, 0.05) is 24.2 Å². The monoisotopic (exact) mass is 275 g/mol. The number of hydrogen-bond acceptors (Lipinski definition) is 5. The summed E-state index contributed by atoms with van der Waals surface area (Å²) in [5.74, 6) is 1.60. The van der Waals surface area contributed by atoms with Crippen LogP contribution >= 0.6 is 11.8 Å². The lowest BCUT2D eigenvalue weighted by atomic mass is 10.2. The van der Waals surface area contributed by atoms with E-state index in [4.69, 9.17) is 5.73 Å². The summed E-state index contributed by atoms with van der Waals surface area (Å²) in [6.45, 7) is 6.81. The van der Waals surface area contributed by atoms with Gasteiger partial charge in [0.25, 0.3) is 0 Å². The number of rotatable bonds is 6. The molecule has 0 bridgehead atoms. The lowest BCUT2D eigenvalue weighted by Crippen LogP contribution is -2.08. The van der Waals surface area contributed by atoms with Gasteiger partial charge in [0.1, 0.15) is 5.82 Å². The van der Waals surface area contributed by atoms with Gasteiger partial charge in [-0.15, -0.1) is 16.8 Å². The van der Waals surface area contributed by atoms with Crippen molar-refractivity contribution in [2.24, 2.45) is 5.73 Å². The zero-order valence-corrected chi connectivity index (χ0v) is 11.7. The maximum atomic E-state index is 5.65. The average molecular weight is 275 g/mol. The highest BCUT2D eigenvalue weighted by atomic mass is 32.2. The fourth-order valence-corrected chi connectivity index (χ4v) is 2.73. The van der Waals surface area contributed by atoms with Gasteiger partial charge in [0.05, 0.1) is 6.54 Å². The molecule has 19 heavy (non-hydrogen) atoms. The Kier molecular flexibility index (Phi) is 4.70. The number of allylic oxidation sites excluding steroid dienone is 1. The standard InChI is InChI=1S/C13H17N5S/c1-3-7-18-12(8-14)16-17-13(18)19-9-11-5-4-6-15-10(11)2/h3-6H,1,7-9,14H2,2H3. The number of pyridine rings is 1. The highest BCUT2D eigenvalue weighted by Crippen LogP contribution is 2.22. The summed E-state index contributed by atoms with van der Waals surface area (Å²) in [6.07, 6.45) is 3.62. The molecule has 2 aromatic rings. The Balaban J connectivity index is 2.13. The summed E-state index contributed by atoms with van der Waals surface area (Å²) >= 11 is 1.64. The molecular formula is C13H17N5S. The molecule has 2 aromatic heterocycles. The Bertz CT molecular complexity index is 564. The third-order valence-electron chi connectivity index (χ3n) is 2.76. The molecule has 0 atom stereocenters. The quantitative estimate of drug-likeness (QED) is 0.644. The SMILES string of the molecule is C=CCn1c(CN)nnc1SCc1cccnc1C. The summed E-state index contributed by atoms with van der Waals surface area (Å²) in [5, 5.41) is 9.13. The molecule has 0 fully saturated rings. The van der Waals surface area contributed by atoms with Crippen LogP contribution < -0.4 is 5.73 Å². The number of nitrogens with zero attached hydrogens (tertiary/aromatic N) is 4. The smallest absolute Gasteiger partial charge is 0.191 e. The molecule has 0 saturated carbocycles. The van der Waals surface area contributed by atoms with Crippen LogP contribution in [-0.2, 0) is 18.8 Å². The van der Waals surface area contributed by atoms with Gasteiger partial charge in [-0.25, -0.2) is 0 Å². The molecular weight excluding hydrogens is 258 g/mol. The van der Waals surface area contributed by atoms with Crippen LogP contribution in [0.2, 0.25) is 0 Å². The first kappa shape index (κ1) is 13.8. The molecule has 0 aliphatic rings. The molecule has 5 nitrogen and oxygen atoms in total. The molecule has 0 unspecified atom stereocenters. The number of hydrogen-bond donors (Lipinski definition) is 1. The lowest BCUT2D eigenvalue weighted by molar-refractivity contribution is 0.680. The van der Waals surface area contributed by atoms with E-state index >= 15 is 0 Å². The predicted molar refractivity (Wildman–Crippen MR) is 76.6 cm³/mol. The first-order valence-corrected chi connectivity index (χ1v) is 7.01. The second-order valence-corrected chi connectivity index (χ2v) is 4.98. The van der Waals surface area contributed by atoms with Gasteiger partial charge in [-0.05, 0) is 18.6 Å². The zero-order chi connectivity index (χ0) is 13.7. The third kappa shape index (κ3) is 3.21. The lowest BCUT2D eigenvalue weighted by Gasteiger charge is -2.07. The first-order chi connectivity index (χ1) is 9.26. The van der Waals surface area contributed by atoms with Crippen LogP contribution in [0.1, 0.15) is 17.1 Å². The summed E-state index contributed by atoms with van der Waals surface area (Å²) in [7, 11) is 0. The number of nitrogens with two attached hydrogens (primary N) is 1. The van der Waals surface area contributed by atoms with Crippen molar-refractivity contribution in [2.75, 3.05) is 0 Å². The molecule has 2 rings (SSSR count). The Morgan fingerprint density at radius 3 is 3.00 bits per heavy atom. The largest absolute Gasteiger partial charge is 0.324 e. The molecule has 0 aromatic carbocycles. The number of aromatic nitrogens is 4. The van der Waals surface area contributed by atoms with E-state index in [0.717, 1.165) is 22.4 Å². The second-order valence-electron chi connectivity index (χ2n) is 4.04. The molecule has 100 valence electrons. The van der Waals surface area contributed by atoms with Crippen LogP contribution in [-0.4, -0.2) is 19.7 Å². The van der Waals surface area contributed by atoms with Crippen molar-refractivity contribution in [1.82, 2.24) is 19.7 Å². The van der Waals surface area contributed by atoms with E-state index < -0.39 is 0 Å². The van der Waals surface area contributed by atoms with Gasteiger partial charge in [-0.3, -0.25) is 4.98 Å². The maximum Gasteiger partial charge on any atom is 0.191 e. The first-order valence-electron chi connectivity index (χ1n) is 6.02. The van der Waals surface area contributed by atoms with E-state index in [1.807, 2.05) is 23.6 Å². The zero-order valence-electron chi connectivity index (χ0n) is 10.9. The second kappa shape index (κ2) is 6.49. The summed E-state index contributed by atoms with van der Waals surface area (Å²) < 4.78 is 1.99. The van der Waals surface area contributed by atoms with E-state index in [-0.39, 0.29) is 0 Å². The summed E-state index contributed by atoms with van der Waals surface area (Å²) in [5.41, 5.74) is 7.90. The third-order valence-corrected chi connectivity index (χ3v) is 3.78. The minimum absolute atomic E-state index is 0.382. The number of thioether (sulfide) groups is 1. The summed E-state index contributed by atoms with van der Waals surface area (Å²) in [4.78, 5) is 4.28. The normalized spacial score (nSPS) is 10.6. The van der Waals surface area contributed by atoms with Crippen molar-refractivity contribution < 1.29 is 0 Å². The van der Waals surface area contributed by atoms with Crippen LogP contribution in [0.15, 0.2) is 36.1 Å². The van der Waals surface area contributed by atoms with Gasteiger partial charge in [0.15, 0.2) is 5.16 Å². The Morgan fingerprint density at radius 1 is 1.47 bits per heavy atom. The van der Waals surface area contributed by atoms with Gasteiger partial charge in [-0.2, -0.15) is 0 Å². The Hall–Kier alpha value is -1.66. The molecule has 0 aliphatic carbocycles. The molecule has 0 saturated heterocycles. The van der Waals surface area contributed by atoms with E-state index in [0.29, 0.717) is 13.1 Å². The van der Waals surface area contributed by atoms with Crippen molar-refractivity contribution in [3.8, 4) is 0 Å². The van der Waals surface area contributed by atoms with Crippen LogP contribution in [0.3, 0.4) is 0 Å². The van der Waals surface area contributed by atoms with Crippen molar-refractivity contribution in [3.05, 3.63) is 48.1 Å². The minimum Gasteiger partial charge on any atom is -0.324 e. The van der Waals surface area contributed by atoms with Crippen LogP contribution in [0.25, 0.3) is 0 Å². The molecule has 0 radical (unpaired) electrons. The van der Waals surface area contributed by atoms with E-state index in [9.17, 15) is 0 Å². The fourth-order valence-electron chi connectivity index (χ4n) is 1.70. The van der Waals surface area contributed by atoms with Gasteiger partial charge in [-0.1, -0.05) is 23.9 Å². The van der Waals surface area contributed by atoms with E-state index in [1.54, 1.807) is 18.0 Å². The average Bonchev–Trinajstić information content (AvgIpc) is 2.81. The topological polar surface area (TPSA) is 69.6 Å². The molecule has 2 heterocycles. The molecule has 2 N–H and O–H groups in total. The molecule has 0 amide bonds. The highest BCUT2D eigenvalue weighted by molar-refractivity contribution is 7.98. The van der Waals surface area contributed by atoms with Gasteiger partial charge in [0.2, 0.25) is 0 Å². The highest BCUT2D eigenvalue weighted by Gasteiger charge is 2.11. The van der Waals surface area contributed by atoms with Crippen molar-refractivity contribution >= 4 is 11.8 Å². The molecule has 0 spiro atoms. The van der Waals surface area contributed by atoms with Gasteiger partial charge < -0.3 is 10.3 Å². The van der Waals surface area contributed by atoms with E-state index in [1.165, 1.54) is 5.56 Å². The minimum atomic E-state index is 0.382. The number of aryl methyl sites for hydroxylation is 1. The van der Waals surface area contributed by atoms with Crippen molar-refractivity contribution in [1.29, 1.82) is 0 Å². The van der Waals surface area contributed by atoms with E-state index in [2.05, 4.69) is 27.8 Å². The molecule has 0 aliphatic heterocycles. The van der Waals surface area contributed by atoms with Crippen LogP contribution in [0, 0.1) is 6.92 Å².